The quantitative estimate of drug-likeness (QED) is 0.884. The van der Waals surface area contributed by atoms with Gasteiger partial charge in [0.25, 0.3) is 0 Å². The fourth-order valence-electron chi connectivity index (χ4n) is 1.99. The van der Waals surface area contributed by atoms with Gasteiger partial charge in [-0.3, -0.25) is 0 Å². The van der Waals surface area contributed by atoms with Crippen molar-refractivity contribution < 1.29 is 4.79 Å². The molecule has 0 aromatic heterocycles. The molecular formula is C17H21N3O. The molecule has 0 radical (unpaired) electrons. The maximum Gasteiger partial charge on any atom is 0.319 e. The molecule has 21 heavy (non-hydrogen) atoms. The number of likely N-dealkylation sites (N-methyl/N-ethyl adjacent to an activating group) is 1. The van der Waals surface area contributed by atoms with Crippen molar-refractivity contribution in [2.45, 2.75) is 13.0 Å². The van der Waals surface area contributed by atoms with Gasteiger partial charge in [-0.25, -0.2) is 4.79 Å². The molecule has 0 heterocycles. The second kappa shape index (κ2) is 7.33. The highest BCUT2D eigenvalue weighted by Gasteiger charge is 2.11. The van der Waals surface area contributed by atoms with Crippen molar-refractivity contribution in [2.75, 3.05) is 23.8 Å². The summed E-state index contributed by atoms with van der Waals surface area (Å²) in [5, 5.41) is 5.70. The Morgan fingerprint density at radius 2 is 1.62 bits per heavy atom. The van der Waals surface area contributed by atoms with Gasteiger partial charge in [-0.15, -0.1) is 0 Å². The first-order valence-corrected chi connectivity index (χ1v) is 7.04. The van der Waals surface area contributed by atoms with Gasteiger partial charge >= 0.3 is 6.03 Å². The van der Waals surface area contributed by atoms with E-state index in [4.69, 9.17) is 0 Å². The second-order valence-corrected chi connectivity index (χ2v) is 5.00. The summed E-state index contributed by atoms with van der Waals surface area (Å²) in [5.74, 6) is 0. The van der Waals surface area contributed by atoms with Crippen LogP contribution in [0.5, 0.6) is 0 Å². The molecule has 0 saturated heterocycles. The number of amides is 2. The van der Waals surface area contributed by atoms with Gasteiger partial charge < -0.3 is 15.5 Å². The summed E-state index contributed by atoms with van der Waals surface area (Å²) >= 11 is 0. The lowest BCUT2D eigenvalue weighted by Gasteiger charge is -2.27. The maximum atomic E-state index is 11.8. The fraction of sp³-hybridized carbons (Fsp3) is 0.235. The molecule has 2 N–H and O–H groups in total. The van der Waals surface area contributed by atoms with Crippen molar-refractivity contribution in [3.63, 3.8) is 0 Å². The molecular weight excluding hydrogens is 262 g/mol. The number of benzene rings is 2. The standard InChI is InChI=1S/C17H21N3O/c1-14(20(2)16-11-7-4-8-12-16)13-18-17(21)19-15-9-5-3-6-10-15/h3-12,14H,13H2,1-2H3,(H2,18,19,21)/t14-/m1/s1. The summed E-state index contributed by atoms with van der Waals surface area (Å²) < 4.78 is 0. The Labute approximate surface area is 125 Å². The van der Waals surface area contributed by atoms with E-state index in [9.17, 15) is 4.79 Å². The van der Waals surface area contributed by atoms with Gasteiger partial charge in [0.2, 0.25) is 0 Å². The molecule has 0 aliphatic rings. The monoisotopic (exact) mass is 283 g/mol. The van der Waals surface area contributed by atoms with Gasteiger partial charge in [0.05, 0.1) is 0 Å². The Hall–Kier alpha value is -2.49. The van der Waals surface area contributed by atoms with Crippen LogP contribution in [0.15, 0.2) is 60.7 Å². The van der Waals surface area contributed by atoms with Crippen molar-refractivity contribution in [3.8, 4) is 0 Å². The van der Waals surface area contributed by atoms with Crippen LogP contribution < -0.4 is 15.5 Å². The summed E-state index contributed by atoms with van der Waals surface area (Å²) in [6, 6.07) is 19.6. The summed E-state index contributed by atoms with van der Waals surface area (Å²) in [4.78, 5) is 14.0. The zero-order chi connectivity index (χ0) is 15.1. The molecule has 1 atom stereocenters. The molecule has 110 valence electrons. The number of nitrogens with zero attached hydrogens (tertiary/aromatic N) is 1. The topological polar surface area (TPSA) is 44.4 Å². The second-order valence-electron chi connectivity index (χ2n) is 5.00. The van der Waals surface area contributed by atoms with E-state index in [1.165, 1.54) is 0 Å². The van der Waals surface area contributed by atoms with Crippen LogP contribution in [0, 0.1) is 0 Å². The number of hydrogen-bond acceptors (Lipinski definition) is 2. The Bertz CT molecular complexity index is 557. The molecule has 0 unspecified atom stereocenters. The van der Waals surface area contributed by atoms with Gasteiger partial charge in [0.15, 0.2) is 0 Å². The van der Waals surface area contributed by atoms with Crippen LogP contribution in [0.25, 0.3) is 0 Å². The molecule has 0 saturated carbocycles. The van der Waals surface area contributed by atoms with Gasteiger partial charge in [0, 0.05) is 31.0 Å². The average Bonchev–Trinajstić information content (AvgIpc) is 2.53. The third-order valence-corrected chi connectivity index (χ3v) is 3.41. The van der Waals surface area contributed by atoms with Crippen molar-refractivity contribution in [1.82, 2.24) is 5.32 Å². The minimum atomic E-state index is -0.186. The van der Waals surface area contributed by atoms with E-state index in [1.54, 1.807) is 0 Å². The molecule has 0 spiro atoms. The fourth-order valence-corrected chi connectivity index (χ4v) is 1.99. The number of para-hydroxylation sites is 2. The summed E-state index contributed by atoms with van der Waals surface area (Å²) in [6.45, 7) is 2.65. The molecule has 2 amide bonds. The lowest BCUT2D eigenvalue weighted by Crippen LogP contribution is -2.41. The van der Waals surface area contributed by atoms with E-state index >= 15 is 0 Å². The van der Waals surface area contributed by atoms with Crippen LogP contribution in [-0.2, 0) is 0 Å². The zero-order valence-electron chi connectivity index (χ0n) is 12.4. The number of carbonyl (C=O) groups is 1. The minimum absolute atomic E-state index is 0.186. The first kappa shape index (κ1) is 14.9. The predicted octanol–water partition coefficient (Wildman–Crippen LogP) is 3.33. The molecule has 2 rings (SSSR count). The minimum Gasteiger partial charge on any atom is -0.370 e. The highest BCUT2D eigenvalue weighted by atomic mass is 16.2. The summed E-state index contributed by atoms with van der Waals surface area (Å²) in [7, 11) is 2.02. The lowest BCUT2D eigenvalue weighted by molar-refractivity contribution is 0.251. The maximum absolute atomic E-state index is 11.8. The Morgan fingerprint density at radius 1 is 1.05 bits per heavy atom. The van der Waals surface area contributed by atoms with Crippen LogP contribution in [0.1, 0.15) is 6.92 Å². The van der Waals surface area contributed by atoms with E-state index < -0.39 is 0 Å². The van der Waals surface area contributed by atoms with Crippen molar-refractivity contribution >= 4 is 17.4 Å². The summed E-state index contributed by atoms with van der Waals surface area (Å²) in [5.41, 5.74) is 1.93. The van der Waals surface area contributed by atoms with E-state index in [2.05, 4.69) is 34.6 Å². The Morgan fingerprint density at radius 3 is 2.24 bits per heavy atom. The smallest absolute Gasteiger partial charge is 0.319 e. The first-order chi connectivity index (χ1) is 10.2. The third-order valence-electron chi connectivity index (χ3n) is 3.41. The van der Waals surface area contributed by atoms with Crippen molar-refractivity contribution in [3.05, 3.63) is 60.7 Å². The van der Waals surface area contributed by atoms with Gasteiger partial charge in [-0.05, 0) is 31.2 Å². The van der Waals surface area contributed by atoms with Crippen LogP contribution in [0.3, 0.4) is 0 Å². The largest absolute Gasteiger partial charge is 0.370 e. The van der Waals surface area contributed by atoms with E-state index in [1.807, 2.05) is 55.6 Å². The molecule has 0 aliphatic heterocycles. The number of urea groups is 1. The number of nitrogens with one attached hydrogen (secondary N) is 2. The van der Waals surface area contributed by atoms with Crippen LogP contribution >= 0.6 is 0 Å². The highest BCUT2D eigenvalue weighted by molar-refractivity contribution is 5.89. The number of carbonyl (C=O) groups excluding carboxylic acids is 1. The van der Waals surface area contributed by atoms with Crippen LogP contribution in [0.4, 0.5) is 16.2 Å². The van der Waals surface area contributed by atoms with Crippen LogP contribution in [-0.4, -0.2) is 25.7 Å². The normalized spacial score (nSPS) is 11.5. The van der Waals surface area contributed by atoms with Gasteiger partial charge in [-0.1, -0.05) is 36.4 Å². The molecule has 4 nitrogen and oxygen atoms in total. The van der Waals surface area contributed by atoms with Crippen molar-refractivity contribution in [2.24, 2.45) is 0 Å². The van der Waals surface area contributed by atoms with Gasteiger partial charge in [0.1, 0.15) is 0 Å². The Kier molecular flexibility index (Phi) is 5.21. The highest BCUT2D eigenvalue weighted by Crippen LogP contribution is 2.13. The number of rotatable bonds is 5. The molecule has 4 heteroatoms. The Balaban J connectivity index is 1.81. The SMILES string of the molecule is C[C@H](CNC(=O)Nc1ccccc1)N(C)c1ccccc1. The number of anilines is 2. The third kappa shape index (κ3) is 4.53. The molecule has 2 aromatic carbocycles. The molecule has 0 aliphatic carbocycles. The van der Waals surface area contributed by atoms with E-state index in [-0.39, 0.29) is 12.1 Å². The predicted molar refractivity (Wildman–Crippen MR) is 87.8 cm³/mol. The number of hydrogen-bond donors (Lipinski definition) is 2. The molecule has 0 bridgehead atoms. The molecule has 0 fully saturated rings. The van der Waals surface area contributed by atoms with Gasteiger partial charge in [-0.2, -0.15) is 0 Å². The van der Waals surface area contributed by atoms with Crippen molar-refractivity contribution in [1.29, 1.82) is 0 Å². The summed E-state index contributed by atoms with van der Waals surface area (Å²) in [6.07, 6.45) is 0. The molecule has 2 aromatic rings. The first-order valence-electron chi connectivity index (χ1n) is 7.04. The zero-order valence-corrected chi connectivity index (χ0v) is 12.4. The lowest BCUT2D eigenvalue weighted by atomic mass is 10.2. The van der Waals surface area contributed by atoms with Crippen LogP contribution in [0.2, 0.25) is 0 Å². The average molecular weight is 283 g/mol. The van der Waals surface area contributed by atoms with E-state index in [0.29, 0.717) is 6.54 Å². The van der Waals surface area contributed by atoms with E-state index in [0.717, 1.165) is 11.4 Å².